The maximum absolute atomic E-state index is 11.5. The number of aryl methyl sites for hydroxylation is 1. The van der Waals surface area contributed by atoms with Crippen LogP contribution in [0.15, 0.2) is 28.4 Å². The van der Waals surface area contributed by atoms with Crippen LogP contribution < -0.4 is 0 Å². The molecule has 4 heteroatoms. The van der Waals surface area contributed by atoms with Crippen LogP contribution >= 0.6 is 22.6 Å². The van der Waals surface area contributed by atoms with E-state index in [4.69, 9.17) is 4.74 Å². The van der Waals surface area contributed by atoms with Gasteiger partial charge < -0.3 is 14.9 Å². The molecular formula is C21H27IO3. The maximum atomic E-state index is 11.5. The van der Waals surface area contributed by atoms with E-state index in [0.29, 0.717) is 23.5 Å². The van der Waals surface area contributed by atoms with Crippen molar-refractivity contribution in [3.05, 3.63) is 39.5 Å². The quantitative estimate of drug-likeness (QED) is 0.645. The van der Waals surface area contributed by atoms with Gasteiger partial charge in [0.1, 0.15) is 11.4 Å². The van der Waals surface area contributed by atoms with E-state index in [1.165, 1.54) is 11.1 Å². The van der Waals surface area contributed by atoms with Crippen LogP contribution in [0.5, 0.6) is 5.75 Å². The molecule has 6 atom stereocenters. The van der Waals surface area contributed by atoms with Crippen molar-refractivity contribution in [3.8, 4) is 5.75 Å². The highest BCUT2D eigenvalue weighted by Gasteiger charge is 2.64. The summed E-state index contributed by atoms with van der Waals surface area (Å²) in [7, 11) is 1.80. The molecule has 2 fully saturated rings. The largest absolute Gasteiger partial charge is 0.508 e. The smallest absolute Gasteiger partial charge is 0.115 e. The number of aliphatic hydroxyl groups is 1. The minimum atomic E-state index is -0.796. The molecule has 2 saturated carbocycles. The zero-order chi connectivity index (χ0) is 18.0. The van der Waals surface area contributed by atoms with Gasteiger partial charge in [-0.15, -0.1) is 0 Å². The number of aromatic hydroxyl groups is 1. The van der Waals surface area contributed by atoms with Crippen molar-refractivity contribution in [2.24, 2.45) is 17.3 Å². The van der Waals surface area contributed by atoms with Gasteiger partial charge in [0, 0.05) is 22.0 Å². The molecule has 0 aromatic heterocycles. The topological polar surface area (TPSA) is 49.7 Å². The Hall–Kier alpha value is -0.590. The summed E-state index contributed by atoms with van der Waals surface area (Å²) in [6, 6.07) is 5.82. The number of rotatable bonds is 2. The lowest BCUT2D eigenvalue weighted by Gasteiger charge is -2.55. The number of methoxy groups -OCH3 is 1. The first kappa shape index (κ1) is 17.8. The second-order valence-electron chi connectivity index (χ2n) is 8.42. The first-order valence-electron chi connectivity index (χ1n) is 9.23. The second kappa shape index (κ2) is 5.96. The Balaban J connectivity index is 1.79. The summed E-state index contributed by atoms with van der Waals surface area (Å²) < 4.78 is 6.85. The Labute approximate surface area is 163 Å². The minimum Gasteiger partial charge on any atom is -0.508 e. The molecule has 3 aliphatic rings. The van der Waals surface area contributed by atoms with Crippen LogP contribution in [0.25, 0.3) is 0 Å². The van der Waals surface area contributed by atoms with Gasteiger partial charge >= 0.3 is 0 Å². The van der Waals surface area contributed by atoms with E-state index in [9.17, 15) is 10.2 Å². The van der Waals surface area contributed by atoms with Crippen molar-refractivity contribution in [2.45, 2.75) is 56.7 Å². The molecule has 0 aliphatic heterocycles. The van der Waals surface area contributed by atoms with E-state index in [2.05, 4.69) is 42.2 Å². The van der Waals surface area contributed by atoms with Crippen LogP contribution in [0.1, 0.15) is 49.7 Å². The Bertz CT molecular complexity index is 717. The van der Waals surface area contributed by atoms with E-state index in [1.807, 2.05) is 6.07 Å². The summed E-state index contributed by atoms with van der Waals surface area (Å²) in [4.78, 5) is 0. The van der Waals surface area contributed by atoms with Gasteiger partial charge in [0.15, 0.2) is 0 Å². The van der Waals surface area contributed by atoms with Crippen LogP contribution in [0, 0.1) is 17.3 Å². The Morgan fingerprint density at radius 2 is 2.12 bits per heavy atom. The average molecular weight is 454 g/mol. The zero-order valence-corrected chi connectivity index (χ0v) is 17.1. The summed E-state index contributed by atoms with van der Waals surface area (Å²) in [5.41, 5.74) is 1.63. The number of phenolic OH excluding ortho intramolecular Hbond substituents is 1. The third kappa shape index (κ3) is 2.36. The van der Waals surface area contributed by atoms with Gasteiger partial charge in [0.2, 0.25) is 0 Å². The lowest BCUT2D eigenvalue weighted by Crippen LogP contribution is -2.55. The highest BCUT2D eigenvalue weighted by Crippen LogP contribution is 2.66. The normalized spacial score (nSPS) is 42.4. The summed E-state index contributed by atoms with van der Waals surface area (Å²) in [6.07, 6.45) is 4.91. The van der Waals surface area contributed by atoms with E-state index in [1.54, 1.807) is 13.2 Å². The Morgan fingerprint density at radius 1 is 1.36 bits per heavy atom. The van der Waals surface area contributed by atoms with Gasteiger partial charge in [-0.25, -0.2) is 0 Å². The van der Waals surface area contributed by atoms with Gasteiger partial charge in [-0.1, -0.05) is 19.6 Å². The summed E-state index contributed by atoms with van der Waals surface area (Å²) >= 11 is 2.22. The molecule has 0 heterocycles. The molecule has 4 rings (SSSR count). The number of phenols is 1. The number of ether oxygens (including phenoxy) is 1. The number of halogens is 1. The van der Waals surface area contributed by atoms with Gasteiger partial charge in [-0.05, 0) is 89.8 Å². The molecule has 3 aliphatic carbocycles. The first-order valence-corrected chi connectivity index (χ1v) is 10.3. The van der Waals surface area contributed by atoms with E-state index in [-0.39, 0.29) is 11.5 Å². The first-order chi connectivity index (χ1) is 11.8. The molecule has 0 bridgehead atoms. The number of benzene rings is 1. The van der Waals surface area contributed by atoms with Crippen molar-refractivity contribution >= 4 is 22.6 Å². The zero-order valence-electron chi connectivity index (χ0n) is 15.0. The van der Waals surface area contributed by atoms with E-state index >= 15 is 0 Å². The molecule has 0 spiro atoms. The molecular weight excluding hydrogens is 427 g/mol. The molecule has 3 nitrogen and oxygen atoms in total. The Morgan fingerprint density at radius 3 is 2.80 bits per heavy atom. The van der Waals surface area contributed by atoms with Crippen LogP contribution in [0.2, 0.25) is 0 Å². The van der Waals surface area contributed by atoms with Crippen LogP contribution in [-0.2, 0) is 11.2 Å². The maximum Gasteiger partial charge on any atom is 0.115 e. The molecule has 0 unspecified atom stereocenters. The van der Waals surface area contributed by atoms with Crippen molar-refractivity contribution in [1.29, 1.82) is 0 Å². The van der Waals surface area contributed by atoms with E-state index in [0.717, 1.165) is 35.7 Å². The van der Waals surface area contributed by atoms with Gasteiger partial charge in [0.25, 0.3) is 0 Å². The van der Waals surface area contributed by atoms with E-state index < -0.39 is 5.60 Å². The fraction of sp³-hybridized carbons (Fsp3) is 0.619. The molecule has 1 aromatic rings. The molecule has 0 radical (unpaired) electrons. The second-order valence-corrected chi connectivity index (χ2v) is 9.72. The average Bonchev–Trinajstić information content (AvgIpc) is 2.86. The predicted molar refractivity (Wildman–Crippen MR) is 107 cm³/mol. The lowest BCUT2D eigenvalue weighted by molar-refractivity contribution is -0.121. The van der Waals surface area contributed by atoms with Crippen molar-refractivity contribution < 1.29 is 14.9 Å². The fourth-order valence-electron chi connectivity index (χ4n) is 6.30. The monoisotopic (exact) mass is 454 g/mol. The van der Waals surface area contributed by atoms with Crippen molar-refractivity contribution in [2.75, 3.05) is 7.11 Å². The van der Waals surface area contributed by atoms with Crippen LogP contribution in [0.3, 0.4) is 0 Å². The van der Waals surface area contributed by atoms with Crippen LogP contribution in [0.4, 0.5) is 0 Å². The lowest BCUT2D eigenvalue weighted by atomic mass is 9.52. The third-order valence-corrected chi connectivity index (χ3v) is 8.46. The highest BCUT2D eigenvalue weighted by atomic mass is 127. The van der Waals surface area contributed by atoms with Gasteiger partial charge in [0.05, 0.1) is 6.10 Å². The summed E-state index contributed by atoms with van der Waals surface area (Å²) in [6.45, 7) is 6.37. The molecule has 2 N–H and O–H groups in total. The number of hydrogen-bond donors (Lipinski definition) is 2. The summed E-state index contributed by atoms with van der Waals surface area (Å²) in [5, 5.41) is 21.3. The minimum absolute atomic E-state index is 0.0928. The molecule has 0 amide bonds. The predicted octanol–water partition coefficient (Wildman–Crippen LogP) is 4.55. The van der Waals surface area contributed by atoms with Gasteiger partial charge in [-0.2, -0.15) is 0 Å². The summed E-state index contributed by atoms with van der Waals surface area (Å²) in [5.74, 6) is 1.72. The Kier molecular flexibility index (Phi) is 4.25. The van der Waals surface area contributed by atoms with Gasteiger partial charge in [-0.3, -0.25) is 0 Å². The number of fused-ring (bicyclic) bond motifs is 5. The molecule has 1 aromatic carbocycles. The molecule has 136 valence electrons. The molecule has 25 heavy (non-hydrogen) atoms. The number of hydrogen-bond acceptors (Lipinski definition) is 3. The van der Waals surface area contributed by atoms with Crippen LogP contribution in [-0.4, -0.2) is 29.0 Å². The fourth-order valence-corrected chi connectivity index (χ4v) is 7.18. The molecule has 0 saturated heterocycles. The third-order valence-electron chi connectivity index (χ3n) is 7.57. The SMILES string of the molecule is C=C(I)[C@]1(O)CC[C@H]2[C@@H]3CCc4cc(O)ccc4[C@H]3[C@@H](OC)C[C@@]21C. The highest BCUT2D eigenvalue weighted by molar-refractivity contribution is 14.1. The van der Waals surface area contributed by atoms with Crippen molar-refractivity contribution in [1.82, 2.24) is 0 Å². The standard InChI is InChI=1S/C21H27IO3/c1-12(22)21(24)9-8-17-16-6-4-13-10-14(23)5-7-15(13)19(16)18(25-3)11-20(17,21)2/h5,7,10,16-19,23-24H,1,4,6,8-9,11H2,2-3H3/t16-,17-,18-,19+,20-,21+/m0/s1. The van der Waals surface area contributed by atoms with Crippen molar-refractivity contribution in [3.63, 3.8) is 0 Å².